The van der Waals surface area contributed by atoms with Crippen molar-refractivity contribution in [2.24, 2.45) is 0 Å². The summed E-state index contributed by atoms with van der Waals surface area (Å²) in [5.41, 5.74) is 8.86. The second-order valence-corrected chi connectivity index (χ2v) is 4.99. The average molecular weight is 246 g/mol. The van der Waals surface area contributed by atoms with Crippen molar-refractivity contribution in [3.63, 3.8) is 0 Å². The first-order valence-corrected chi connectivity index (χ1v) is 6.91. The number of carbonyl (C=O) groups excluding carboxylic acids is 1. The number of hydrogen-bond donors (Lipinski definition) is 1. The number of hydrogen-bond acceptors (Lipinski definition) is 2. The highest BCUT2D eigenvalue weighted by molar-refractivity contribution is 5.96. The Morgan fingerprint density at radius 3 is 2.83 bits per heavy atom. The molecule has 1 aromatic rings. The van der Waals surface area contributed by atoms with Crippen molar-refractivity contribution in [2.45, 2.75) is 45.4 Å². The largest absolute Gasteiger partial charge is 0.399 e. The van der Waals surface area contributed by atoms with Gasteiger partial charge >= 0.3 is 0 Å². The molecule has 3 nitrogen and oxygen atoms in total. The quantitative estimate of drug-likeness (QED) is 0.641. The van der Waals surface area contributed by atoms with Gasteiger partial charge in [-0.05, 0) is 36.6 Å². The Morgan fingerprint density at radius 1 is 1.22 bits per heavy atom. The molecule has 98 valence electrons. The maximum absolute atomic E-state index is 12.0. The number of fused-ring (bicyclic) bond motifs is 1. The molecule has 2 rings (SSSR count). The lowest BCUT2D eigenvalue weighted by atomic mass is 10.00. The van der Waals surface area contributed by atoms with Crippen molar-refractivity contribution in [3.05, 3.63) is 23.8 Å². The van der Waals surface area contributed by atoms with Crippen LogP contribution in [-0.2, 0) is 11.2 Å². The maximum Gasteiger partial charge on any atom is 0.227 e. The molecule has 0 bridgehead atoms. The predicted octanol–water partition coefficient (Wildman–Crippen LogP) is 3.13. The number of amides is 1. The van der Waals surface area contributed by atoms with E-state index in [9.17, 15) is 4.79 Å². The third-order valence-electron chi connectivity index (χ3n) is 3.54. The topological polar surface area (TPSA) is 46.3 Å². The molecule has 0 aliphatic carbocycles. The molecular weight excluding hydrogens is 224 g/mol. The van der Waals surface area contributed by atoms with E-state index in [1.807, 2.05) is 23.1 Å². The lowest BCUT2D eigenvalue weighted by Gasteiger charge is -2.29. The van der Waals surface area contributed by atoms with Gasteiger partial charge < -0.3 is 10.6 Å². The fourth-order valence-electron chi connectivity index (χ4n) is 2.52. The number of aryl methyl sites for hydroxylation is 1. The Labute approximate surface area is 109 Å². The highest BCUT2D eigenvalue weighted by Crippen LogP contribution is 2.29. The van der Waals surface area contributed by atoms with Crippen LogP contribution in [0.2, 0.25) is 0 Å². The smallest absolute Gasteiger partial charge is 0.227 e. The Kier molecular flexibility index (Phi) is 4.24. The number of nitrogen functional groups attached to an aromatic ring is 1. The molecule has 0 spiro atoms. The van der Waals surface area contributed by atoms with Gasteiger partial charge in [0.1, 0.15) is 0 Å². The number of rotatable bonds is 5. The number of carbonyl (C=O) groups is 1. The average Bonchev–Trinajstić information content (AvgIpc) is 2.37. The second kappa shape index (κ2) is 5.89. The molecule has 0 saturated heterocycles. The summed E-state index contributed by atoms with van der Waals surface area (Å²) in [6, 6.07) is 5.87. The van der Waals surface area contributed by atoms with Crippen LogP contribution < -0.4 is 10.6 Å². The van der Waals surface area contributed by atoms with E-state index < -0.39 is 0 Å². The lowest BCUT2D eigenvalue weighted by molar-refractivity contribution is -0.118. The highest BCUT2D eigenvalue weighted by atomic mass is 16.2. The minimum absolute atomic E-state index is 0.253. The van der Waals surface area contributed by atoms with Crippen LogP contribution in [0.5, 0.6) is 0 Å². The summed E-state index contributed by atoms with van der Waals surface area (Å²) in [6.07, 6.45) is 6.20. The number of nitrogens with two attached hydrogens (primary N) is 1. The van der Waals surface area contributed by atoms with Crippen molar-refractivity contribution in [2.75, 3.05) is 17.2 Å². The zero-order valence-corrected chi connectivity index (χ0v) is 11.1. The third kappa shape index (κ3) is 2.84. The van der Waals surface area contributed by atoms with Crippen molar-refractivity contribution >= 4 is 17.3 Å². The van der Waals surface area contributed by atoms with Gasteiger partial charge in [-0.15, -0.1) is 0 Å². The summed E-state index contributed by atoms with van der Waals surface area (Å²) >= 11 is 0. The Balaban J connectivity index is 2.08. The van der Waals surface area contributed by atoms with E-state index in [1.165, 1.54) is 24.8 Å². The van der Waals surface area contributed by atoms with E-state index in [0.717, 1.165) is 30.8 Å². The van der Waals surface area contributed by atoms with Gasteiger partial charge in [-0.2, -0.15) is 0 Å². The Hall–Kier alpha value is -1.51. The summed E-state index contributed by atoms with van der Waals surface area (Å²) in [7, 11) is 0. The summed E-state index contributed by atoms with van der Waals surface area (Å²) < 4.78 is 0. The van der Waals surface area contributed by atoms with Gasteiger partial charge in [-0.3, -0.25) is 4.79 Å². The molecule has 1 heterocycles. The minimum atomic E-state index is 0.253. The number of benzene rings is 1. The van der Waals surface area contributed by atoms with Crippen LogP contribution in [0.3, 0.4) is 0 Å². The van der Waals surface area contributed by atoms with E-state index in [-0.39, 0.29) is 5.91 Å². The van der Waals surface area contributed by atoms with Crippen LogP contribution in [0.4, 0.5) is 11.4 Å². The number of anilines is 2. The maximum atomic E-state index is 12.0. The summed E-state index contributed by atoms with van der Waals surface area (Å²) in [4.78, 5) is 13.9. The fourth-order valence-corrected chi connectivity index (χ4v) is 2.52. The van der Waals surface area contributed by atoms with Crippen molar-refractivity contribution in [1.82, 2.24) is 0 Å². The van der Waals surface area contributed by atoms with E-state index in [4.69, 9.17) is 5.73 Å². The van der Waals surface area contributed by atoms with Crippen LogP contribution in [0.25, 0.3) is 0 Å². The monoisotopic (exact) mass is 246 g/mol. The molecular formula is C15H22N2O. The van der Waals surface area contributed by atoms with Gasteiger partial charge in [0.15, 0.2) is 0 Å². The van der Waals surface area contributed by atoms with Gasteiger partial charge in [0.2, 0.25) is 5.91 Å². The van der Waals surface area contributed by atoms with Crippen molar-refractivity contribution in [3.8, 4) is 0 Å². The SMILES string of the molecule is CCCCCCN1C(=O)CCc2cc(N)ccc21. The molecule has 3 heteroatoms. The molecule has 1 aliphatic rings. The first kappa shape index (κ1) is 12.9. The first-order chi connectivity index (χ1) is 8.72. The van der Waals surface area contributed by atoms with Crippen LogP contribution in [0.1, 0.15) is 44.6 Å². The van der Waals surface area contributed by atoms with Crippen LogP contribution in [-0.4, -0.2) is 12.5 Å². The summed E-state index contributed by atoms with van der Waals surface area (Å²) in [5, 5.41) is 0. The van der Waals surface area contributed by atoms with Crippen molar-refractivity contribution < 1.29 is 4.79 Å². The standard InChI is InChI=1S/C15H22N2O/c1-2-3-4-5-10-17-14-8-7-13(16)11-12(14)6-9-15(17)18/h7-8,11H,2-6,9-10,16H2,1H3. The van der Waals surface area contributed by atoms with Crippen LogP contribution in [0, 0.1) is 0 Å². The van der Waals surface area contributed by atoms with Gasteiger partial charge in [-0.1, -0.05) is 26.2 Å². The molecule has 0 fully saturated rings. The summed E-state index contributed by atoms with van der Waals surface area (Å²) in [5.74, 6) is 0.253. The first-order valence-electron chi connectivity index (χ1n) is 6.91. The van der Waals surface area contributed by atoms with E-state index in [1.54, 1.807) is 0 Å². The van der Waals surface area contributed by atoms with Gasteiger partial charge in [0, 0.05) is 24.3 Å². The van der Waals surface area contributed by atoms with Crippen molar-refractivity contribution in [1.29, 1.82) is 0 Å². The highest BCUT2D eigenvalue weighted by Gasteiger charge is 2.23. The molecule has 1 amide bonds. The van der Waals surface area contributed by atoms with Gasteiger partial charge in [0.05, 0.1) is 0 Å². The van der Waals surface area contributed by atoms with E-state index >= 15 is 0 Å². The lowest BCUT2D eigenvalue weighted by Crippen LogP contribution is -2.35. The third-order valence-corrected chi connectivity index (χ3v) is 3.54. The molecule has 1 aliphatic heterocycles. The molecule has 0 unspecified atom stereocenters. The number of nitrogens with zero attached hydrogens (tertiary/aromatic N) is 1. The molecule has 0 atom stereocenters. The molecule has 18 heavy (non-hydrogen) atoms. The van der Waals surface area contributed by atoms with Crippen LogP contribution in [0.15, 0.2) is 18.2 Å². The van der Waals surface area contributed by atoms with Gasteiger partial charge in [0.25, 0.3) is 0 Å². The van der Waals surface area contributed by atoms with E-state index in [2.05, 4.69) is 6.92 Å². The Morgan fingerprint density at radius 2 is 2.06 bits per heavy atom. The molecule has 2 N–H and O–H groups in total. The molecule has 1 aromatic carbocycles. The zero-order valence-electron chi connectivity index (χ0n) is 11.1. The predicted molar refractivity (Wildman–Crippen MR) is 75.7 cm³/mol. The minimum Gasteiger partial charge on any atom is -0.399 e. The molecule has 0 radical (unpaired) electrons. The summed E-state index contributed by atoms with van der Waals surface area (Å²) in [6.45, 7) is 3.04. The Bertz CT molecular complexity index is 429. The second-order valence-electron chi connectivity index (χ2n) is 4.99. The number of unbranched alkanes of at least 4 members (excludes halogenated alkanes) is 3. The fraction of sp³-hybridized carbons (Fsp3) is 0.533. The molecule has 0 saturated carbocycles. The van der Waals surface area contributed by atoms with Crippen LogP contribution >= 0.6 is 0 Å². The normalized spacial score (nSPS) is 14.7. The zero-order chi connectivity index (χ0) is 13.0. The van der Waals surface area contributed by atoms with Gasteiger partial charge in [-0.25, -0.2) is 0 Å². The van der Waals surface area contributed by atoms with E-state index in [0.29, 0.717) is 6.42 Å². The molecule has 0 aromatic heterocycles.